The van der Waals surface area contributed by atoms with E-state index < -0.39 is 35.8 Å². The zero-order valence-electron chi connectivity index (χ0n) is 10.9. The molecule has 0 unspecified atom stereocenters. The number of nitrogens with two attached hydrogens (primary N) is 2. The molecule has 0 aromatic heterocycles. The van der Waals surface area contributed by atoms with E-state index in [1.807, 2.05) is 0 Å². The summed E-state index contributed by atoms with van der Waals surface area (Å²) in [5.74, 6) is -3.11. The second-order valence-electron chi connectivity index (χ2n) is 3.89. The molecule has 10 heteroatoms. The number of nitrogens with one attached hydrogen (secondary N) is 2. The lowest BCUT2D eigenvalue weighted by Crippen LogP contribution is -2.52. The van der Waals surface area contributed by atoms with Crippen LogP contribution in [0.1, 0.15) is 19.8 Å². The van der Waals surface area contributed by atoms with Crippen LogP contribution in [0.5, 0.6) is 0 Å². The van der Waals surface area contributed by atoms with Gasteiger partial charge in [0.25, 0.3) is 0 Å². The second kappa shape index (κ2) is 9.98. The highest BCUT2D eigenvalue weighted by Crippen LogP contribution is 1.98. The zero-order chi connectivity index (χ0) is 15.0. The van der Waals surface area contributed by atoms with Gasteiger partial charge in [0.1, 0.15) is 12.1 Å². The van der Waals surface area contributed by atoms with Crippen molar-refractivity contribution in [3.8, 4) is 0 Å². The Morgan fingerprint density at radius 2 is 1.75 bits per heavy atom. The fourth-order valence-corrected chi connectivity index (χ4v) is 1.22. The minimum absolute atomic E-state index is 0. The molecule has 0 spiro atoms. The van der Waals surface area contributed by atoms with Gasteiger partial charge < -0.3 is 27.2 Å². The van der Waals surface area contributed by atoms with Crippen LogP contribution < -0.4 is 22.1 Å². The van der Waals surface area contributed by atoms with Crippen molar-refractivity contribution in [2.45, 2.75) is 31.8 Å². The van der Waals surface area contributed by atoms with Crippen LogP contribution >= 0.6 is 12.4 Å². The number of halogens is 1. The van der Waals surface area contributed by atoms with Gasteiger partial charge in [0.2, 0.25) is 17.7 Å². The Hall–Kier alpha value is -1.87. The number of carbonyl (C=O) groups is 4. The maximum absolute atomic E-state index is 11.6. The molecule has 3 amide bonds. The molecular formula is C10H19ClN4O5. The third kappa shape index (κ3) is 8.27. The van der Waals surface area contributed by atoms with Gasteiger partial charge in [-0.1, -0.05) is 0 Å². The van der Waals surface area contributed by atoms with Crippen molar-refractivity contribution in [2.75, 3.05) is 6.54 Å². The lowest BCUT2D eigenvalue weighted by atomic mass is 10.1. The number of carboxylic acid groups (broad SMARTS) is 1. The molecule has 0 bridgehead atoms. The molecule has 7 N–H and O–H groups in total. The Morgan fingerprint density at radius 3 is 2.15 bits per heavy atom. The van der Waals surface area contributed by atoms with E-state index in [0.717, 1.165) is 0 Å². The van der Waals surface area contributed by atoms with Crippen LogP contribution in [0, 0.1) is 0 Å². The lowest BCUT2D eigenvalue weighted by molar-refractivity contribution is -0.137. The van der Waals surface area contributed by atoms with Crippen LogP contribution in [-0.2, 0) is 19.2 Å². The van der Waals surface area contributed by atoms with Gasteiger partial charge in [-0.05, 0) is 13.3 Å². The molecule has 0 aromatic rings. The Bertz CT molecular complexity index is 377. The minimum atomic E-state index is -1.11. The lowest BCUT2D eigenvalue weighted by Gasteiger charge is -2.18. The van der Waals surface area contributed by atoms with Crippen LogP contribution in [0.15, 0.2) is 0 Å². The molecule has 0 saturated heterocycles. The van der Waals surface area contributed by atoms with E-state index in [4.69, 9.17) is 16.6 Å². The topological polar surface area (TPSA) is 165 Å². The Labute approximate surface area is 121 Å². The third-order valence-corrected chi connectivity index (χ3v) is 2.26. The molecule has 0 fully saturated rings. The third-order valence-electron chi connectivity index (χ3n) is 2.26. The quantitative estimate of drug-likeness (QED) is 0.338. The van der Waals surface area contributed by atoms with Crippen molar-refractivity contribution in [1.29, 1.82) is 0 Å². The van der Waals surface area contributed by atoms with Gasteiger partial charge in [-0.15, -0.1) is 12.4 Å². The number of amides is 3. The van der Waals surface area contributed by atoms with E-state index in [0.29, 0.717) is 0 Å². The molecule has 0 rings (SSSR count). The molecule has 0 aliphatic carbocycles. The number of hydrogen-bond acceptors (Lipinski definition) is 5. The van der Waals surface area contributed by atoms with Crippen molar-refractivity contribution in [2.24, 2.45) is 11.5 Å². The molecule has 0 radical (unpaired) electrons. The highest BCUT2D eigenvalue weighted by molar-refractivity contribution is 5.91. The van der Waals surface area contributed by atoms with E-state index in [1.54, 1.807) is 0 Å². The Kier molecular flexibility index (Phi) is 10.2. The molecule has 2 atom stereocenters. The van der Waals surface area contributed by atoms with E-state index in [-0.39, 0.29) is 31.8 Å². The molecule has 9 nitrogen and oxygen atoms in total. The van der Waals surface area contributed by atoms with Crippen LogP contribution in [-0.4, -0.2) is 47.4 Å². The van der Waals surface area contributed by atoms with Gasteiger partial charge in [-0.2, -0.15) is 0 Å². The molecule has 0 aliphatic rings. The Balaban J connectivity index is 0. The normalized spacial score (nSPS) is 12.5. The number of primary amides is 1. The van der Waals surface area contributed by atoms with Crippen LogP contribution in [0.3, 0.4) is 0 Å². The average molecular weight is 311 g/mol. The first-order chi connectivity index (χ1) is 8.77. The van der Waals surface area contributed by atoms with Crippen molar-refractivity contribution in [3.05, 3.63) is 0 Å². The molecular weight excluding hydrogens is 292 g/mol. The van der Waals surface area contributed by atoms with Gasteiger partial charge in [0.05, 0.1) is 6.54 Å². The predicted octanol–water partition coefficient (Wildman–Crippen LogP) is -2.29. The van der Waals surface area contributed by atoms with Gasteiger partial charge in [0.15, 0.2) is 0 Å². The summed E-state index contributed by atoms with van der Waals surface area (Å²) in [5.41, 5.74) is 10.1. The van der Waals surface area contributed by atoms with Gasteiger partial charge in [-0.25, -0.2) is 0 Å². The first kappa shape index (κ1) is 20.4. The molecule has 0 saturated carbocycles. The maximum Gasteiger partial charge on any atom is 0.303 e. The summed E-state index contributed by atoms with van der Waals surface area (Å²) in [7, 11) is 0. The van der Waals surface area contributed by atoms with E-state index in [2.05, 4.69) is 10.6 Å². The number of carboxylic acids is 1. The summed E-state index contributed by atoms with van der Waals surface area (Å²) < 4.78 is 0. The maximum atomic E-state index is 11.6. The predicted molar refractivity (Wildman–Crippen MR) is 71.9 cm³/mol. The summed E-state index contributed by atoms with van der Waals surface area (Å²) in [5, 5.41) is 13.1. The minimum Gasteiger partial charge on any atom is -0.481 e. The summed E-state index contributed by atoms with van der Waals surface area (Å²) in [6, 6.07) is -2.00. The first-order valence-corrected chi connectivity index (χ1v) is 5.58. The molecule has 0 heterocycles. The van der Waals surface area contributed by atoms with Crippen LogP contribution in [0.4, 0.5) is 0 Å². The van der Waals surface area contributed by atoms with Gasteiger partial charge in [-0.3, -0.25) is 19.2 Å². The smallest absolute Gasteiger partial charge is 0.303 e. The number of rotatable bonds is 8. The monoisotopic (exact) mass is 310 g/mol. The SMILES string of the molecule is C[C@H](NC(=O)CN)C(=O)N[C@H](CCC(=O)O)C(N)=O.Cl. The number of aliphatic carboxylic acids is 1. The fourth-order valence-electron chi connectivity index (χ4n) is 1.22. The van der Waals surface area contributed by atoms with E-state index in [9.17, 15) is 19.2 Å². The van der Waals surface area contributed by atoms with Crippen molar-refractivity contribution >= 4 is 36.1 Å². The highest BCUT2D eigenvalue weighted by atomic mass is 35.5. The van der Waals surface area contributed by atoms with Gasteiger partial charge in [0, 0.05) is 6.42 Å². The summed E-state index contributed by atoms with van der Waals surface area (Å²) in [6.45, 7) is 1.13. The van der Waals surface area contributed by atoms with Gasteiger partial charge >= 0.3 is 5.97 Å². The van der Waals surface area contributed by atoms with Crippen LogP contribution in [0.2, 0.25) is 0 Å². The van der Waals surface area contributed by atoms with E-state index >= 15 is 0 Å². The number of carbonyl (C=O) groups excluding carboxylic acids is 3. The average Bonchev–Trinajstić information content (AvgIpc) is 2.32. The van der Waals surface area contributed by atoms with Crippen molar-refractivity contribution < 1.29 is 24.3 Å². The molecule has 116 valence electrons. The van der Waals surface area contributed by atoms with Crippen molar-refractivity contribution in [1.82, 2.24) is 10.6 Å². The summed E-state index contributed by atoms with van der Waals surface area (Å²) >= 11 is 0. The first-order valence-electron chi connectivity index (χ1n) is 5.58. The standard InChI is InChI=1S/C10H18N4O5.ClH/c1-5(13-7(15)4-11)10(19)14-6(9(12)18)2-3-8(16)17;/h5-6H,2-4,11H2,1H3,(H2,12,18)(H,13,15)(H,14,19)(H,16,17);1H/t5-,6+;/m0./s1. The highest BCUT2D eigenvalue weighted by Gasteiger charge is 2.22. The molecule has 0 aromatic carbocycles. The number of hydrogen-bond donors (Lipinski definition) is 5. The summed E-state index contributed by atoms with van der Waals surface area (Å²) in [4.78, 5) is 44.1. The Morgan fingerprint density at radius 1 is 1.20 bits per heavy atom. The summed E-state index contributed by atoms with van der Waals surface area (Å²) in [6.07, 6.45) is -0.425. The molecule has 0 aliphatic heterocycles. The fraction of sp³-hybridized carbons (Fsp3) is 0.600. The van der Waals surface area contributed by atoms with Crippen molar-refractivity contribution in [3.63, 3.8) is 0 Å². The van der Waals surface area contributed by atoms with Crippen LogP contribution in [0.25, 0.3) is 0 Å². The largest absolute Gasteiger partial charge is 0.481 e. The molecule has 20 heavy (non-hydrogen) atoms. The van der Waals surface area contributed by atoms with E-state index in [1.165, 1.54) is 6.92 Å². The second-order valence-corrected chi connectivity index (χ2v) is 3.89. The zero-order valence-corrected chi connectivity index (χ0v) is 11.7.